The number of carboxylic acids is 1. The van der Waals surface area contributed by atoms with E-state index in [0.29, 0.717) is 16.6 Å². The minimum absolute atomic E-state index is 0.199. The van der Waals surface area contributed by atoms with Gasteiger partial charge in [-0.1, -0.05) is 24.3 Å². The van der Waals surface area contributed by atoms with Crippen molar-refractivity contribution in [3.8, 4) is 6.07 Å². The van der Waals surface area contributed by atoms with Crippen LogP contribution < -0.4 is 0 Å². The van der Waals surface area contributed by atoms with Crippen molar-refractivity contribution >= 4 is 33.4 Å². The van der Waals surface area contributed by atoms with Gasteiger partial charge in [-0.3, -0.25) is 4.40 Å². The van der Waals surface area contributed by atoms with Crippen LogP contribution in [0.5, 0.6) is 0 Å². The Kier molecular flexibility index (Phi) is 2.63. The number of fused-ring (bicyclic) bond motifs is 5. The van der Waals surface area contributed by atoms with Gasteiger partial charge in [0.15, 0.2) is 0 Å². The molecule has 2 heterocycles. The summed E-state index contributed by atoms with van der Waals surface area (Å²) in [6.07, 6.45) is 0. The molecule has 1 N–H and O–H groups in total. The van der Waals surface area contributed by atoms with E-state index in [4.69, 9.17) is 0 Å². The van der Waals surface area contributed by atoms with Gasteiger partial charge < -0.3 is 5.11 Å². The van der Waals surface area contributed by atoms with Gasteiger partial charge in [-0.2, -0.15) is 5.26 Å². The second kappa shape index (κ2) is 4.55. The molecule has 0 atom stereocenters. The summed E-state index contributed by atoms with van der Waals surface area (Å²) in [4.78, 5) is 15.9. The summed E-state index contributed by atoms with van der Waals surface area (Å²) in [5.41, 5.74) is 3.66. The van der Waals surface area contributed by atoms with Crippen molar-refractivity contribution in [1.29, 1.82) is 5.26 Å². The third kappa shape index (κ3) is 1.72. The average molecular weight is 301 g/mol. The molecular weight excluding hydrogens is 290 g/mol. The molecule has 110 valence electrons. The fourth-order valence-corrected chi connectivity index (χ4v) is 3.07. The highest BCUT2D eigenvalue weighted by Gasteiger charge is 2.16. The molecule has 4 rings (SSSR count). The van der Waals surface area contributed by atoms with Crippen LogP contribution in [0.25, 0.3) is 27.5 Å². The van der Waals surface area contributed by atoms with Crippen molar-refractivity contribution in [3.63, 3.8) is 0 Å². The molecule has 0 spiro atoms. The molecule has 5 nitrogen and oxygen atoms in total. The predicted molar refractivity (Wildman–Crippen MR) is 86.6 cm³/mol. The van der Waals surface area contributed by atoms with Gasteiger partial charge in [0.2, 0.25) is 0 Å². The molecule has 0 aliphatic carbocycles. The van der Waals surface area contributed by atoms with Gasteiger partial charge in [0.05, 0.1) is 22.2 Å². The highest BCUT2D eigenvalue weighted by atomic mass is 16.4. The average Bonchev–Trinajstić information content (AvgIpc) is 2.94. The molecule has 2 aromatic carbocycles. The Morgan fingerprint density at radius 3 is 2.65 bits per heavy atom. The molecule has 0 aliphatic rings. The third-order valence-corrected chi connectivity index (χ3v) is 4.15. The van der Waals surface area contributed by atoms with E-state index in [0.717, 1.165) is 22.1 Å². The van der Waals surface area contributed by atoms with E-state index in [1.807, 2.05) is 35.6 Å². The first-order chi connectivity index (χ1) is 11.1. The zero-order chi connectivity index (χ0) is 16.1. The monoisotopic (exact) mass is 301 g/mol. The number of hydrogen-bond acceptors (Lipinski definition) is 3. The Morgan fingerprint density at radius 1 is 1.22 bits per heavy atom. The number of hydrogen-bond donors (Lipinski definition) is 1. The second-order valence-corrected chi connectivity index (χ2v) is 5.40. The van der Waals surface area contributed by atoms with Crippen molar-refractivity contribution < 1.29 is 9.90 Å². The Morgan fingerprint density at radius 2 is 1.96 bits per heavy atom. The van der Waals surface area contributed by atoms with E-state index in [9.17, 15) is 15.2 Å². The summed E-state index contributed by atoms with van der Waals surface area (Å²) in [7, 11) is 0. The van der Waals surface area contributed by atoms with Crippen LogP contribution in [0.15, 0.2) is 42.5 Å². The van der Waals surface area contributed by atoms with Crippen molar-refractivity contribution in [1.82, 2.24) is 9.38 Å². The number of benzene rings is 2. The van der Waals surface area contributed by atoms with E-state index in [-0.39, 0.29) is 5.56 Å². The topological polar surface area (TPSA) is 78.4 Å². The van der Waals surface area contributed by atoms with E-state index < -0.39 is 5.97 Å². The molecule has 0 fully saturated rings. The van der Waals surface area contributed by atoms with E-state index in [1.54, 1.807) is 18.2 Å². The fraction of sp³-hybridized carbons (Fsp3) is 0.0556. The first-order valence-corrected chi connectivity index (χ1v) is 7.08. The van der Waals surface area contributed by atoms with Gasteiger partial charge >= 0.3 is 5.97 Å². The Balaban J connectivity index is 2.30. The summed E-state index contributed by atoms with van der Waals surface area (Å²) in [5, 5.41) is 20.5. The van der Waals surface area contributed by atoms with Gasteiger partial charge in [0.1, 0.15) is 11.7 Å². The molecule has 0 saturated carbocycles. The van der Waals surface area contributed by atoms with Crippen molar-refractivity contribution in [3.05, 3.63) is 59.3 Å². The highest BCUT2D eigenvalue weighted by molar-refractivity contribution is 6.02. The number of carbonyl (C=O) groups is 1. The van der Waals surface area contributed by atoms with Crippen LogP contribution in [0.1, 0.15) is 21.6 Å². The molecule has 0 amide bonds. The number of rotatable bonds is 1. The number of nitrogens with zero attached hydrogens (tertiary/aromatic N) is 3. The Labute approximate surface area is 131 Å². The normalized spacial score (nSPS) is 11.1. The molecule has 0 saturated heterocycles. The molecule has 2 aromatic heterocycles. The number of pyridine rings is 1. The number of imidazole rings is 1. The fourth-order valence-electron chi connectivity index (χ4n) is 3.07. The highest BCUT2D eigenvalue weighted by Crippen LogP contribution is 2.29. The van der Waals surface area contributed by atoms with Crippen LogP contribution in [-0.2, 0) is 0 Å². The molecule has 0 aliphatic heterocycles. The molecule has 5 heteroatoms. The Hall–Kier alpha value is -3.39. The van der Waals surface area contributed by atoms with E-state index in [1.165, 1.54) is 0 Å². The molecule has 23 heavy (non-hydrogen) atoms. The Bertz CT molecular complexity index is 1170. The van der Waals surface area contributed by atoms with Crippen LogP contribution >= 0.6 is 0 Å². The predicted octanol–water partition coefficient (Wildman–Crippen LogP) is 3.52. The van der Waals surface area contributed by atoms with Crippen LogP contribution in [0.4, 0.5) is 0 Å². The minimum Gasteiger partial charge on any atom is -0.478 e. The zero-order valence-electron chi connectivity index (χ0n) is 12.2. The lowest BCUT2D eigenvalue weighted by atomic mass is 10.0. The van der Waals surface area contributed by atoms with Crippen LogP contribution in [-0.4, -0.2) is 20.5 Å². The SMILES string of the molecule is Cc1c(C#N)c2ccccc2c2nc3ccc(C(=O)O)cc3n12. The zero-order valence-corrected chi connectivity index (χ0v) is 12.2. The van der Waals surface area contributed by atoms with Gasteiger partial charge in [-0.15, -0.1) is 0 Å². The minimum atomic E-state index is -0.985. The first-order valence-electron chi connectivity index (χ1n) is 7.08. The van der Waals surface area contributed by atoms with Gasteiger partial charge in [-0.25, -0.2) is 9.78 Å². The summed E-state index contributed by atoms with van der Waals surface area (Å²) in [5.74, 6) is -0.985. The maximum absolute atomic E-state index is 11.2. The van der Waals surface area contributed by atoms with E-state index in [2.05, 4.69) is 11.1 Å². The lowest BCUT2D eigenvalue weighted by molar-refractivity contribution is 0.0697. The number of aromatic nitrogens is 2. The molecular formula is C18H11N3O2. The largest absolute Gasteiger partial charge is 0.478 e. The number of nitriles is 1. The van der Waals surface area contributed by atoms with Crippen LogP contribution in [0.2, 0.25) is 0 Å². The summed E-state index contributed by atoms with van der Waals surface area (Å²) in [6, 6.07) is 14.7. The maximum atomic E-state index is 11.2. The lowest BCUT2D eigenvalue weighted by Crippen LogP contribution is -1.99. The van der Waals surface area contributed by atoms with Crippen LogP contribution in [0.3, 0.4) is 0 Å². The van der Waals surface area contributed by atoms with E-state index >= 15 is 0 Å². The van der Waals surface area contributed by atoms with Crippen molar-refractivity contribution in [2.75, 3.05) is 0 Å². The quantitative estimate of drug-likeness (QED) is 0.583. The number of aryl methyl sites for hydroxylation is 1. The van der Waals surface area contributed by atoms with Crippen molar-refractivity contribution in [2.24, 2.45) is 0 Å². The van der Waals surface area contributed by atoms with Crippen molar-refractivity contribution in [2.45, 2.75) is 6.92 Å². The number of carboxylic acid groups (broad SMARTS) is 1. The molecule has 0 radical (unpaired) electrons. The standard InChI is InChI=1S/C18H11N3O2/c1-10-14(9-19)12-4-2-3-5-13(12)17-20-15-7-6-11(18(22)23)8-16(15)21(10)17/h2-8H,1H3,(H,22,23). The summed E-state index contributed by atoms with van der Waals surface area (Å²) in [6.45, 7) is 1.85. The first kappa shape index (κ1) is 13.3. The van der Waals surface area contributed by atoms with Gasteiger partial charge in [0.25, 0.3) is 0 Å². The molecule has 0 unspecified atom stereocenters. The summed E-state index contributed by atoms with van der Waals surface area (Å²) >= 11 is 0. The third-order valence-electron chi connectivity index (χ3n) is 4.15. The van der Waals surface area contributed by atoms with Gasteiger partial charge in [-0.05, 0) is 25.1 Å². The molecule has 0 bridgehead atoms. The maximum Gasteiger partial charge on any atom is 0.335 e. The molecule has 4 aromatic rings. The number of aromatic carboxylic acids is 1. The van der Waals surface area contributed by atoms with Crippen LogP contribution in [0, 0.1) is 18.3 Å². The smallest absolute Gasteiger partial charge is 0.335 e. The second-order valence-electron chi connectivity index (χ2n) is 5.40. The van der Waals surface area contributed by atoms with Gasteiger partial charge in [0, 0.05) is 16.5 Å². The lowest BCUT2D eigenvalue weighted by Gasteiger charge is -2.09. The summed E-state index contributed by atoms with van der Waals surface area (Å²) < 4.78 is 1.86.